The third kappa shape index (κ3) is 3.73. The lowest BCUT2D eigenvalue weighted by Gasteiger charge is -2.18. The van der Waals surface area contributed by atoms with Gasteiger partial charge in [-0.1, -0.05) is 25.3 Å². The molecule has 0 bridgehead atoms. The summed E-state index contributed by atoms with van der Waals surface area (Å²) in [6.07, 6.45) is 8.14. The van der Waals surface area contributed by atoms with Crippen molar-refractivity contribution in [3.8, 4) is 0 Å². The number of hydrogen-bond donors (Lipinski definition) is 1. The van der Waals surface area contributed by atoms with Gasteiger partial charge >= 0.3 is 5.97 Å². The van der Waals surface area contributed by atoms with Crippen molar-refractivity contribution in [1.82, 2.24) is 5.32 Å². The second-order valence-electron chi connectivity index (χ2n) is 3.73. The van der Waals surface area contributed by atoms with Crippen molar-refractivity contribution < 1.29 is 14.3 Å². The Hall–Kier alpha value is -1.32. The van der Waals surface area contributed by atoms with E-state index in [-0.39, 0.29) is 5.70 Å². The fourth-order valence-electron chi connectivity index (χ4n) is 1.89. The van der Waals surface area contributed by atoms with Gasteiger partial charge in [0.15, 0.2) is 0 Å². The molecule has 1 aliphatic rings. The van der Waals surface area contributed by atoms with Crippen LogP contribution in [0.1, 0.15) is 32.1 Å². The largest absolute Gasteiger partial charge is 0.464 e. The minimum Gasteiger partial charge on any atom is -0.464 e. The van der Waals surface area contributed by atoms with Crippen molar-refractivity contribution in [3.63, 3.8) is 0 Å². The van der Waals surface area contributed by atoms with Crippen LogP contribution in [0.5, 0.6) is 0 Å². The van der Waals surface area contributed by atoms with Gasteiger partial charge in [0.1, 0.15) is 5.70 Å². The first-order chi connectivity index (χ1) is 7.27. The average molecular weight is 211 g/mol. The monoisotopic (exact) mass is 211 g/mol. The second-order valence-corrected chi connectivity index (χ2v) is 3.73. The molecule has 0 heterocycles. The van der Waals surface area contributed by atoms with Gasteiger partial charge in [-0.05, 0) is 18.8 Å². The summed E-state index contributed by atoms with van der Waals surface area (Å²) in [6, 6.07) is 0. The highest BCUT2D eigenvalue weighted by atomic mass is 16.5. The van der Waals surface area contributed by atoms with Gasteiger partial charge in [-0.2, -0.15) is 0 Å². The number of esters is 1. The lowest BCUT2D eigenvalue weighted by molar-refractivity contribution is -0.137. The van der Waals surface area contributed by atoms with Gasteiger partial charge in [0.25, 0.3) is 0 Å². The molecule has 1 N–H and O–H groups in total. The third-order valence-corrected chi connectivity index (χ3v) is 2.67. The number of carbonyl (C=O) groups is 2. The molecule has 0 aliphatic heterocycles. The summed E-state index contributed by atoms with van der Waals surface area (Å²) in [5.41, 5.74) is 0.263. The van der Waals surface area contributed by atoms with E-state index >= 15 is 0 Å². The number of carbonyl (C=O) groups excluding carboxylic acids is 2. The second kappa shape index (κ2) is 6.22. The van der Waals surface area contributed by atoms with Crippen LogP contribution in [-0.2, 0) is 14.3 Å². The molecule has 1 rings (SSSR count). The lowest BCUT2D eigenvalue weighted by atomic mass is 9.88. The summed E-state index contributed by atoms with van der Waals surface area (Å²) in [4.78, 5) is 21.6. The van der Waals surface area contributed by atoms with Crippen LogP contribution in [-0.4, -0.2) is 19.5 Å². The first-order valence-electron chi connectivity index (χ1n) is 5.28. The van der Waals surface area contributed by atoms with Gasteiger partial charge in [0, 0.05) is 0 Å². The SMILES string of the molecule is COC(=O)/C(=C\C1CCCCC1)NC=O. The molecule has 15 heavy (non-hydrogen) atoms. The molecule has 0 saturated heterocycles. The van der Waals surface area contributed by atoms with E-state index in [1.807, 2.05) is 6.08 Å². The molecule has 0 spiro atoms. The Bertz CT molecular complexity index is 255. The lowest BCUT2D eigenvalue weighted by Crippen LogP contribution is -2.21. The van der Waals surface area contributed by atoms with Crippen LogP contribution in [0.2, 0.25) is 0 Å². The first kappa shape index (κ1) is 11.8. The summed E-state index contributed by atoms with van der Waals surface area (Å²) in [6.45, 7) is 0. The van der Waals surface area contributed by atoms with Crippen LogP contribution in [0.25, 0.3) is 0 Å². The zero-order chi connectivity index (χ0) is 11.1. The molecule has 0 aromatic rings. The molecule has 0 unspecified atom stereocenters. The Balaban J connectivity index is 2.63. The molecule has 1 fully saturated rings. The van der Waals surface area contributed by atoms with Crippen molar-refractivity contribution in [1.29, 1.82) is 0 Å². The zero-order valence-corrected chi connectivity index (χ0v) is 8.99. The predicted molar refractivity (Wildman–Crippen MR) is 55.9 cm³/mol. The molecule has 0 aromatic heterocycles. The predicted octanol–water partition coefficient (Wildman–Crippen LogP) is 1.37. The van der Waals surface area contributed by atoms with Crippen LogP contribution >= 0.6 is 0 Å². The summed E-state index contributed by atoms with van der Waals surface area (Å²) in [7, 11) is 1.31. The van der Waals surface area contributed by atoms with Crippen LogP contribution in [0.15, 0.2) is 11.8 Å². The summed E-state index contributed by atoms with van der Waals surface area (Å²) in [5, 5.41) is 2.39. The van der Waals surface area contributed by atoms with E-state index in [1.54, 1.807) is 0 Å². The summed E-state index contributed by atoms with van der Waals surface area (Å²) in [5.74, 6) is -0.0898. The van der Waals surface area contributed by atoms with Crippen LogP contribution in [0.4, 0.5) is 0 Å². The van der Waals surface area contributed by atoms with Crippen molar-refractivity contribution in [3.05, 3.63) is 11.8 Å². The van der Waals surface area contributed by atoms with Gasteiger partial charge < -0.3 is 10.1 Å². The Kier molecular flexibility index (Phi) is 4.87. The quantitative estimate of drug-likeness (QED) is 0.434. The minimum atomic E-state index is -0.479. The molecule has 4 nitrogen and oxygen atoms in total. The zero-order valence-electron chi connectivity index (χ0n) is 8.99. The molecular formula is C11H17NO3. The Labute approximate surface area is 89.7 Å². The van der Waals surface area contributed by atoms with E-state index < -0.39 is 5.97 Å². The summed E-state index contributed by atoms with van der Waals surface area (Å²) >= 11 is 0. The number of allylic oxidation sites excluding steroid dienone is 1. The number of nitrogens with one attached hydrogen (secondary N) is 1. The van der Waals surface area contributed by atoms with Crippen LogP contribution in [0, 0.1) is 5.92 Å². The Morgan fingerprint density at radius 1 is 1.33 bits per heavy atom. The van der Waals surface area contributed by atoms with Crippen LogP contribution in [0.3, 0.4) is 0 Å². The van der Waals surface area contributed by atoms with Gasteiger partial charge in [0.05, 0.1) is 7.11 Å². The van der Waals surface area contributed by atoms with E-state index in [1.165, 1.54) is 26.4 Å². The maximum absolute atomic E-state index is 11.3. The van der Waals surface area contributed by atoms with Crippen molar-refractivity contribution in [2.24, 2.45) is 5.92 Å². The van der Waals surface area contributed by atoms with Crippen molar-refractivity contribution in [2.45, 2.75) is 32.1 Å². The van der Waals surface area contributed by atoms with E-state index in [0.29, 0.717) is 12.3 Å². The van der Waals surface area contributed by atoms with E-state index in [2.05, 4.69) is 10.1 Å². The highest BCUT2D eigenvalue weighted by molar-refractivity contribution is 5.90. The van der Waals surface area contributed by atoms with Crippen molar-refractivity contribution in [2.75, 3.05) is 7.11 Å². The maximum Gasteiger partial charge on any atom is 0.354 e. The maximum atomic E-state index is 11.3. The first-order valence-corrected chi connectivity index (χ1v) is 5.28. The molecule has 84 valence electrons. The molecular weight excluding hydrogens is 194 g/mol. The number of ether oxygens (including phenoxy) is 1. The van der Waals surface area contributed by atoms with E-state index in [0.717, 1.165) is 12.8 Å². The molecule has 0 radical (unpaired) electrons. The van der Waals surface area contributed by atoms with Crippen molar-refractivity contribution >= 4 is 12.4 Å². The average Bonchev–Trinajstić information content (AvgIpc) is 2.29. The Morgan fingerprint density at radius 2 is 2.00 bits per heavy atom. The highest BCUT2D eigenvalue weighted by Crippen LogP contribution is 2.25. The topological polar surface area (TPSA) is 55.4 Å². The normalized spacial score (nSPS) is 18.3. The molecule has 1 amide bonds. The number of methoxy groups -OCH3 is 1. The smallest absolute Gasteiger partial charge is 0.354 e. The van der Waals surface area contributed by atoms with Gasteiger partial charge in [-0.15, -0.1) is 0 Å². The third-order valence-electron chi connectivity index (χ3n) is 2.67. The molecule has 1 aliphatic carbocycles. The van der Waals surface area contributed by atoms with E-state index in [4.69, 9.17) is 0 Å². The molecule has 0 atom stereocenters. The van der Waals surface area contributed by atoms with Gasteiger partial charge in [0.2, 0.25) is 6.41 Å². The fourth-order valence-corrected chi connectivity index (χ4v) is 1.89. The van der Waals surface area contributed by atoms with Gasteiger partial charge in [-0.25, -0.2) is 4.79 Å². The van der Waals surface area contributed by atoms with E-state index in [9.17, 15) is 9.59 Å². The summed E-state index contributed by atoms with van der Waals surface area (Å²) < 4.78 is 4.58. The van der Waals surface area contributed by atoms with Gasteiger partial charge in [-0.3, -0.25) is 4.79 Å². The standard InChI is InChI=1S/C11H17NO3/c1-15-11(14)10(12-8-13)7-9-5-3-2-4-6-9/h7-9H,2-6H2,1H3,(H,12,13)/b10-7+. The number of hydrogen-bond acceptors (Lipinski definition) is 3. The fraction of sp³-hybridized carbons (Fsp3) is 0.636. The molecule has 0 aromatic carbocycles. The highest BCUT2D eigenvalue weighted by Gasteiger charge is 2.15. The molecule has 4 heteroatoms. The Morgan fingerprint density at radius 3 is 2.53 bits per heavy atom. The number of rotatable bonds is 4. The number of amides is 1. The minimum absolute atomic E-state index is 0.263. The van der Waals surface area contributed by atoms with Crippen LogP contribution < -0.4 is 5.32 Å². The molecule has 1 saturated carbocycles.